The number of halogens is 1. The topological polar surface area (TPSA) is 67.2 Å². The molecule has 20 heavy (non-hydrogen) atoms. The molecule has 0 spiro atoms. The van der Waals surface area contributed by atoms with Crippen molar-refractivity contribution in [1.82, 2.24) is 15.1 Å². The number of carboxylic acids is 1. The highest BCUT2D eigenvalue weighted by Gasteiger charge is 2.20. The Morgan fingerprint density at radius 2 is 2.10 bits per heavy atom. The fourth-order valence-electron chi connectivity index (χ4n) is 1.96. The van der Waals surface area contributed by atoms with Gasteiger partial charge in [0.05, 0.1) is 16.4 Å². The zero-order valence-electron chi connectivity index (χ0n) is 11.3. The second-order valence-corrected chi connectivity index (χ2v) is 4.91. The number of aliphatic carboxylic acids is 1. The standard InChI is InChI=1S/C14H16ClN3O2/c1-9-12(15)11(17-18(9)2)8-16-13(14(19)20)10-6-4-3-5-7-10/h3-7,13,16H,8H2,1-2H3,(H,19,20)/t13-/m1/s1. The largest absolute Gasteiger partial charge is 0.480 e. The van der Waals surface area contributed by atoms with Gasteiger partial charge in [0.1, 0.15) is 6.04 Å². The van der Waals surface area contributed by atoms with Crippen molar-refractivity contribution in [3.8, 4) is 0 Å². The molecule has 5 nitrogen and oxygen atoms in total. The van der Waals surface area contributed by atoms with E-state index in [9.17, 15) is 9.90 Å². The number of carbonyl (C=O) groups is 1. The lowest BCUT2D eigenvalue weighted by atomic mass is 10.1. The van der Waals surface area contributed by atoms with Gasteiger partial charge in [0.15, 0.2) is 0 Å². The Balaban J connectivity index is 2.14. The quantitative estimate of drug-likeness (QED) is 0.888. The second-order valence-electron chi connectivity index (χ2n) is 4.53. The Bertz CT molecular complexity index is 610. The maximum Gasteiger partial charge on any atom is 0.325 e. The van der Waals surface area contributed by atoms with Crippen LogP contribution < -0.4 is 5.32 Å². The SMILES string of the molecule is Cc1c(Cl)c(CN[C@@H](C(=O)O)c2ccccc2)nn1C. The van der Waals surface area contributed by atoms with Gasteiger partial charge in [0, 0.05) is 13.6 Å². The molecule has 0 unspecified atom stereocenters. The highest BCUT2D eigenvalue weighted by Crippen LogP contribution is 2.20. The van der Waals surface area contributed by atoms with E-state index in [1.807, 2.05) is 25.1 Å². The van der Waals surface area contributed by atoms with E-state index in [-0.39, 0.29) is 0 Å². The lowest BCUT2D eigenvalue weighted by Gasteiger charge is -2.14. The van der Waals surface area contributed by atoms with Crippen LogP contribution in [0, 0.1) is 6.92 Å². The molecule has 1 heterocycles. The molecular weight excluding hydrogens is 278 g/mol. The molecule has 0 saturated heterocycles. The number of nitrogens with zero attached hydrogens (tertiary/aromatic N) is 2. The van der Waals surface area contributed by atoms with Gasteiger partial charge in [-0.3, -0.25) is 14.8 Å². The summed E-state index contributed by atoms with van der Waals surface area (Å²) in [5, 5.41) is 17.1. The van der Waals surface area contributed by atoms with Crippen molar-refractivity contribution < 1.29 is 9.90 Å². The van der Waals surface area contributed by atoms with Gasteiger partial charge in [0.25, 0.3) is 0 Å². The minimum atomic E-state index is -0.931. The monoisotopic (exact) mass is 293 g/mol. The first-order valence-corrected chi connectivity index (χ1v) is 6.57. The molecule has 2 rings (SSSR count). The van der Waals surface area contributed by atoms with Gasteiger partial charge >= 0.3 is 5.97 Å². The van der Waals surface area contributed by atoms with Crippen molar-refractivity contribution in [2.45, 2.75) is 19.5 Å². The third kappa shape index (κ3) is 3.00. The van der Waals surface area contributed by atoms with E-state index in [0.29, 0.717) is 22.8 Å². The normalized spacial score (nSPS) is 12.3. The van der Waals surface area contributed by atoms with Crippen molar-refractivity contribution in [3.05, 3.63) is 52.3 Å². The number of aryl methyl sites for hydroxylation is 1. The second kappa shape index (κ2) is 6.07. The molecule has 6 heteroatoms. The van der Waals surface area contributed by atoms with Crippen molar-refractivity contribution in [1.29, 1.82) is 0 Å². The molecule has 0 saturated carbocycles. The Labute approximate surface area is 122 Å². The molecule has 0 amide bonds. The Hall–Kier alpha value is -1.85. The van der Waals surface area contributed by atoms with E-state index < -0.39 is 12.0 Å². The van der Waals surface area contributed by atoms with E-state index in [1.165, 1.54) is 0 Å². The Morgan fingerprint density at radius 3 is 2.60 bits per heavy atom. The number of rotatable bonds is 5. The molecule has 2 aromatic rings. The number of aromatic nitrogens is 2. The average Bonchev–Trinajstić information content (AvgIpc) is 2.67. The van der Waals surface area contributed by atoms with E-state index >= 15 is 0 Å². The van der Waals surface area contributed by atoms with Gasteiger partial charge in [-0.1, -0.05) is 41.9 Å². The molecule has 1 aromatic carbocycles. The minimum Gasteiger partial charge on any atom is -0.480 e. The number of hydrogen-bond acceptors (Lipinski definition) is 3. The summed E-state index contributed by atoms with van der Waals surface area (Å²) in [6, 6.07) is 8.24. The van der Waals surface area contributed by atoms with Crippen LogP contribution >= 0.6 is 11.6 Å². The third-order valence-corrected chi connectivity index (χ3v) is 3.67. The van der Waals surface area contributed by atoms with Gasteiger partial charge in [-0.2, -0.15) is 5.10 Å². The Kier molecular flexibility index (Phi) is 4.42. The predicted molar refractivity (Wildman–Crippen MR) is 76.6 cm³/mol. The molecule has 1 aromatic heterocycles. The van der Waals surface area contributed by atoms with Crippen molar-refractivity contribution in [2.24, 2.45) is 7.05 Å². The lowest BCUT2D eigenvalue weighted by Crippen LogP contribution is -2.28. The molecule has 1 atom stereocenters. The molecule has 0 radical (unpaired) electrons. The summed E-state index contributed by atoms with van der Waals surface area (Å²) in [5.74, 6) is -0.931. The van der Waals surface area contributed by atoms with Crippen LogP contribution in [0.25, 0.3) is 0 Å². The predicted octanol–water partition coefficient (Wildman–Crippen LogP) is 2.30. The van der Waals surface area contributed by atoms with E-state index in [2.05, 4.69) is 10.4 Å². The summed E-state index contributed by atoms with van der Waals surface area (Å²) in [6.07, 6.45) is 0. The van der Waals surface area contributed by atoms with Crippen LogP contribution in [0.4, 0.5) is 0 Å². The maximum absolute atomic E-state index is 11.4. The minimum absolute atomic E-state index is 0.298. The van der Waals surface area contributed by atoms with Crippen LogP contribution in [0.1, 0.15) is 23.0 Å². The molecule has 0 aliphatic carbocycles. The number of carboxylic acid groups (broad SMARTS) is 1. The van der Waals surface area contributed by atoms with Crippen LogP contribution in [0.15, 0.2) is 30.3 Å². The first-order chi connectivity index (χ1) is 9.50. The summed E-state index contributed by atoms with van der Waals surface area (Å²) in [4.78, 5) is 11.4. The van der Waals surface area contributed by atoms with E-state index in [1.54, 1.807) is 23.9 Å². The molecule has 0 fully saturated rings. The summed E-state index contributed by atoms with van der Waals surface area (Å²) in [5.41, 5.74) is 2.20. The van der Waals surface area contributed by atoms with Crippen LogP contribution in [0.3, 0.4) is 0 Å². The molecule has 0 bridgehead atoms. The first-order valence-electron chi connectivity index (χ1n) is 6.19. The average molecular weight is 294 g/mol. The molecular formula is C14H16ClN3O2. The summed E-state index contributed by atoms with van der Waals surface area (Å²) < 4.78 is 1.68. The van der Waals surface area contributed by atoms with Crippen LogP contribution in [0.5, 0.6) is 0 Å². The van der Waals surface area contributed by atoms with Gasteiger partial charge in [0.2, 0.25) is 0 Å². The molecule has 0 aliphatic heterocycles. The summed E-state index contributed by atoms with van der Waals surface area (Å²) in [6.45, 7) is 2.16. The molecule has 0 aliphatic rings. The van der Waals surface area contributed by atoms with Crippen LogP contribution in [-0.4, -0.2) is 20.9 Å². The van der Waals surface area contributed by atoms with Crippen molar-refractivity contribution in [3.63, 3.8) is 0 Å². The number of hydrogen-bond donors (Lipinski definition) is 2. The zero-order valence-corrected chi connectivity index (χ0v) is 12.1. The summed E-state index contributed by atoms with van der Waals surface area (Å²) in [7, 11) is 1.80. The van der Waals surface area contributed by atoms with Gasteiger partial charge < -0.3 is 5.11 Å². The smallest absolute Gasteiger partial charge is 0.325 e. The van der Waals surface area contributed by atoms with Crippen LogP contribution in [-0.2, 0) is 18.4 Å². The van der Waals surface area contributed by atoms with Crippen molar-refractivity contribution >= 4 is 17.6 Å². The van der Waals surface area contributed by atoms with Crippen LogP contribution in [0.2, 0.25) is 5.02 Å². The fraction of sp³-hybridized carbons (Fsp3) is 0.286. The highest BCUT2D eigenvalue weighted by atomic mass is 35.5. The maximum atomic E-state index is 11.4. The fourth-order valence-corrected chi connectivity index (χ4v) is 2.18. The summed E-state index contributed by atoms with van der Waals surface area (Å²) >= 11 is 6.15. The zero-order chi connectivity index (χ0) is 14.7. The van der Waals surface area contributed by atoms with E-state index in [0.717, 1.165) is 5.69 Å². The number of nitrogens with one attached hydrogen (secondary N) is 1. The van der Waals surface area contributed by atoms with E-state index in [4.69, 9.17) is 11.6 Å². The third-order valence-electron chi connectivity index (χ3n) is 3.18. The van der Waals surface area contributed by atoms with Crippen molar-refractivity contribution in [2.75, 3.05) is 0 Å². The first kappa shape index (κ1) is 14.6. The lowest BCUT2D eigenvalue weighted by molar-refractivity contribution is -0.139. The number of benzene rings is 1. The van der Waals surface area contributed by atoms with Gasteiger partial charge in [-0.15, -0.1) is 0 Å². The van der Waals surface area contributed by atoms with Gasteiger partial charge in [-0.05, 0) is 12.5 Å². The molecule has 2 N–H and O–H groups in total. The Morgan fingerprint density at radius 1 is 1.45 bits per heavy atom. The highest BCUT2D eigenvalue weighted by molar-refractivity contribution is 6.31. The molecule has 106 valence electrons. The van der Waals surface area contributed by atoms with Gasteiger partial charge in [-0.25, -0.2) is 0 Å².